The Morgan fingerprint density at radius 3 is 2.85 bits per heavy atom. The van der Waals surface area contributed by atoms with Crippen molar-refractivity contribution in [2.45, 2.75) is 26.8 Å². The minimum Gasteiger partial charge on any atom is -0.385 e. The number of thiazole rings is 1. The number of amides is 1. The lowest BCUT2D eigenvalue weighted by molar-refractivity contribution is 0.0939. The lowest BCUT2D eigenvalue weighted by Gasteiger charge is -2.13. The van der Waals surface area contributed by atoms with Gasteiger partial charge in [-0.15, -0.1) is 11.3 Å². The van der Waals surface area contributed by atoms with Gasteiger partial charge in [0.2, 0.25) is 0 Å². The minimum atomic E-state index is -0.0738. The standard InChI is InChI=1S/C15H19N3OS/c1-4-16-12-5-6-13(10(2)9-12)14(19)18-11(3)15-17-7-8-20-15/h5-9,11,16H,4H2,1-3H3,(H,18,19). The number of aryl methyl sites for hydroxylation is 1. The molecule has 0 aliphatic rings. The molecule has 4 nitrogen and oxygen atoms in total. The van der Waals surface area contributed by atoms with Gasteiger partial charge in [0.1, 0.15) is 5.01 Å². The van der Waals surface area contributed by atoms with E-state index in [9.17, 15) is 4.79 Å². The number of carbonyl (C=O) groups excluding carboxylic acids is 1. The Bertz CT molecular complexity index is 581. The van der Waals surface area contributed by atoms with Crippen molar-refractivity contribution in [3.8, 4) is 0 Å². The van der Waals surface area contributed by atoms with Crippen LogP contribution in [0.25, 0.3) is 0 Å². The largest absolute Gasteiger partial charge is 0.385 e. The van der Waals surface area contributed by atoms with E-state index in [-0.39, 0.29) is 11.9 Å². The highest BCUT2D eigenvalue weighted by Crippen LogP contribution is 2.18. The predicted molar refractivity (Wildman–Crippen MR) is 83.3 cm³/mol. The second-order valence-electron chi connectivity index (χ2n) is 4.63. The zero-order valence-electron chi connectivity index (χ0n) is 11.9. The van der Waals surface area contributed by atoms with E-state index in [1.165, 1.54) is 0 Å². The number of nitrogens with one attached hydrogen (secondary N) is 2. The average Bonchev–Trinajstić information content (AvgIpc) is 2.93. The van der Waals surface area contributed by atoms with Crippen LogP contribution in [-0.2, 0) is 0 Å². The first-order chi connectivity index (χ1) is 9.61. The van der Waals surface area contributed by atoms with Crippen molar-refractivity contribution in [3.05, 3.63) is 45.9 Å². The van der Waals surface area contributed by atoms with Crippen LogP contribution in [0.3, 0.4) is 0 Å². The SMILES string of the molecule is CCNc1ccc(C(=O)NC(C)c2nccs2)c(C)c1. The molecule has 106 valence electrons. The third-order valence-electron chi connectivity index (χ3n) is 3.02. The van der Waals surface area contributed by atoms with Gasteiger partial charge in [0.05, 0.1) is 6.04 Å². The zero-order chi connectivity index (χ0) is 14.5. The molecule has 1 heterocycles. The Labute approximate surface area is 123 Å². The van der Waals surface area contributed by atoms with Crippen LogP contribution in [0.2, 0.25) is 0 Å². The molecule has 0 fully saturated rings. The topological polar surface area (TPSA) is 54.0 Å². The van der Waals surface area contributed by atoms with Crippen molar-refractivity contribution < 1.29 is 4.79 Å². The molecule has 0 saturated heterocycles. The van der Waals surface area contributed by atoms with Gasteiger partial charge in [0.15, 0.2) is 0 Å². The molecule has 2 rings (SSSR count). The molecule has 20 heavy (non-hydrogen) atoms. The predicted octanol–water partition coefficient (Wildman–Crippen LogP) is 3.37. The van der Waals surface area contributed by atoms with Gasteiger partial charge < -0.3 is 10.6 Å². The summed E-state index contributed by atoms with van der Waals surface area (Å²) in [5.41, 5.74) is 2.71. The van der Waals surface area contributed by atoms with E-state index in [2.05, 4.69) is 15.6 Å². The molecule has 1 atom stereocenters. The number of rotatable bonds is 5. The van der Waals surface area contributed by atoms with Crippen LogP contribution in [0.4, 0.5) is 5.69 Å². The fraction of sp³-hybridized carbons (Fsp3) is 0.333. The third kappa shape index (κ3) is 3.36. The Morgan fingerprint density at radius 1 is 1.45 bits per heavy atom. The number of hydrogen-bond acceptors (Lipinski definition) is 4. The Balaban J connectivity index is 2.09. The summed E-state index contributed by atoms with van der Waals surface area (Å²) in [5, 5.41) is 9.05. The maximum absolute atomic E-state index is 12.3. The highest BCUT2D eigenvalue weighted by atomic mass is 32.1. The van der Waals surface area contributed by atoms with E-state index in [0.29, 0.717) is 5.56 Å². The molecular weight excluding hydrogens is 270 g/mol. The van der Waals surface area contributed by atoms with Crippen molar-refractivity contribution in [1.29, 1.82) is 0 Å². The first-order valence-corrected chi connectivity index (χ1v) is 7.54. The van der Waals surface area contributed by atoms with E-state index in [1.807, 2.05) is 44.4 Å². The van der Waals surface area contributed by atoms with Crippen molar-refractivity contribution in [2.24, 2.45) is 0 Å². The summed E-state index contributed by atoms with van der Waals surface area (Å²) in [7, 11) is 0. The molecule has 0 saturated carbocycles. The number of nitrogens with zero attached hydrogens (tertiary/aromatic N) is 1. The summed E-state index contributed by atoms with van der Waals surface area (Å²) in [6.07, 6.45) is 1.75. The number of anilines is 1. The van der Waals surface area contributed by atoms with Crippen LogP contribution in [0.5, 0.6) is 0 Å². The average molecular weight is 289 g/mol. The Hall–Kier alpha value is -1.88. The molecule has 0 aliphatic heterocycles. The van der Waals surface area contributed by atoms with E-state index >= 15 is 0 Å². The highest BCUT2D eigenvalue weighted by molar-refractivity contribution is 7.09. The van der Waals surface area contributed by atoms with E-state index in [0.717, 1.165) is 22.8 Å². The maximum atomic E-state index is 12.3. The summed E-state index contributed by atoms with van der Waals surface area (Å²) in [6.45, 7) is 6.81. The van der Waals surface area contributed by atoms with Gasteiger partial charge in [-0.2, -0.15) is 0 Å². The Kier molecular flexibility index (Phi) is 4.74. The van der Waals surface area contributed by atoms with Gasteiger partial charge in [-0.25, -0.2) is 4.98 Å². The van der Waals surface area contributed by atoms with Gasteiger partial charge in [-0.1, -0.05) is 0 Å². The molecule has 0 spiro atoms. The van der Waals surface area contributed by atoms with Crippen LogP contribution in [0.15, 0.2) is 29.8 Å². The van der Waals surface area contributed by atoms with Gasteiger partial charge in [-0.3, -0.25) is 4.79 Å². The first-order valence-electron chi connectivity index (χ1n) is 6.66. The molecule has 1 unspecified atom stereocenters. The van der Waals surface area contributed by atoms with Crippen molar-refractivity contribution in [2.75, 3.05) is 11.9 Å². The number of benzene rings is 1. The number of aromatic nitrogens is 1. The zero-order valence-corrected chi connectivity index (χ0v) is 12.8. The normalized spacial score (nSPS) is 11.9. The summed E-state index contributed by atoms with van der Waals surface area (Å²) in [6, 6.07) is 5.71. The molecule has 1 aromatic carbocycles. The molecule has 0 aliphatic carbocycles. The fourth-order valence-corrected chi connectivity index (χ4v) is 2.66. The molecular formula is C15H19N3OS. The number of carbonyl (C=O) groups is 1. The first kappa shape index (κ1) is 14.5. The van der Waals surface area contributed by atoms with Crippen LogP contribution in [0.1, 0.15) is 40.8 Å². The summed E-state index contributed by atoms with van der Waals surface area (Å²) >= 11 is 1.55. The van der Waals surface area contributed by atoms with Crippen LogP contribution >= 0.6 is 11.3 Å². The maximum Gasteiger partial charge on any atom is 0.252 e. The quantitative estimate of drug-likeness (QED) is 0.887. The summed E-state index contributed by atoms with van der Waals surface area (Å²) < 4.78 is 0. The number of hydrogen-bond donors (Lipinski definition) is 2. The third-order valence-corrected chi connectivity index (χ3v) is 3.98. The summed E-state index contributed by atoms with van der Waals surface area (Å²) in [5.74, 6) is -0.0618. The smallest absolute Gasteiger partial charge is 0.252 e. The minimum absolute atomic E-state index is 0.0618. The van der Waals surface area contributed by atoms with E-state index in [4.69, 9.17) is 0 Å². The highest BCUT2D eigenvalue weighted by Gasteiger charge is 2.14. The second kappa shape index (κ2) is 6.52. The van der Waals surface area contributed by atoms with E-state index in [1.54, 1.807) is 17.5 Å². The van der Waals surface area contributed by atoms with Gasteiger partial charge >= 0.3 is 0 Å². The van der Waals surface area contributed by atoms with Crippen LogP contribution < -0.4 is 10.6 Å². The fourth-order valence-electron chi connectivity index (χ4n) is 2.02. The van der Waals surface area contributed by atoms with Crippen molar-refractivity contribution >= 4 is 22.9 Å². The molecule has 5 heteroatoms. The monoisotopic (exact) mass is 289 g/mol. The lowest BCUT2D eigenvalue weighted by atomic mass is 10.1. The molecule has 2 aromatic rings. The van der Waals surface area contributed by atoms with Crippen LogP contribution in [0, 0.1) is 6.92 Å². The van der Waals surface area contributed by atoms with Gasteiger partial charge in [0.25, 0.3) is 5.91 Å². The summed E-state index contributed by atoms with van der Waals surface area (Å²) in [4.78, 5) is 16.5. The molecule has 0 bridgehead atoms. The van der Waals surface area contributed by atoms with E-state index < -0.39 is 0 Å². The van der Waals surface area contributed by atoms with Gasteiger partial charge in [-0.05, 0) is 44.5 Å². The van der Waals surface area contributed by atoms with Crippen LogP contribution in [-0.4, -0.2) is 17.4 Å². The lowest BCUT2D eigenvalue weighted by Crippen LogP contribution is -2.27. The molecule has 0 radical (unpaired) electrons. The molecule has 2 N–H and O–H groups in total. The molecule has 1 aromatic heterocycles. The molecule has 1 amide bonds. The van der Waals surface area contributed by atoms with Crippen molar-refractivity contribution in [1.82, 2.24) is 10.3 Å². The van der Waals surface area contributed by atoms with Gasteiger partial charge in [0, 0.05) is 29.4 Å². The Morgan fingerprint density at radius 2 is 2.25 bits per heavy atom. The second-order valence-corrected chi connectivity index (χ2v) is 5.55. The van der Waals surface area contributed by atoms with Crippen molar-refractivity contribution in [3.63, 3.8) is 0 Å².